The molecule has 0 unspecified atom stereocenters. The molecule has 36 heavy (non-hydrogen) atoms. The van der Waals surface area contributed by atoms with Gasteiger partial charge in [0, 0.05) is 18.1 Å². The molecule has 0 bridgehead atoms. The van der Waals surface area contributed by atoms with Crippen LogP contribution in [0.5, 0.6) is 23.0 Å². The molecule has 0 aliphatic carbocycles. The van der Waals surface area contributed by atoms with Gasteiger partial charge in [0.25, 0.3) is 0 Å². The predicted molar refractivity (Wildman–Crippen MR) is 142 cm³/mol. The van der Waals surface area contributed by atoms with Crippen molar-refractivity contribution in [2.24, 2.45) is 0 Å². The highest BCUT2D eigenvalue weighted by atomic mass is 35.5. The highest BCUT2D eigenvalue weighted by Gasteiger charge is 2.38. The van der Waals surface area contributed by atoms with E-state index < -0.39 is 0 Å². The number of benzene rings is 3. The summed E-state index contributed by atoms with van der Waals surface area (Å²) >= 11 is 6.61. The van der Waals surface area contributed by atoms with Crippen LogP contribution < -0.4 is 24.3 Å². The molecule has 7 heteroatoms. The number of methoxy groups -OCH3 is 4. The number of rotatable bonds is 7. The third kappa shape index (κ3) is 4.49. The molecule has 2 atom stereocenters. The number of halogens is 1. The molecule has 2 heterocycles. The molecule has 0 amide bonds. The lowest BCUT2D eigenvalue weighted by atomic mass is 9.81. The molecule has 0 spiro atoms. The molecular weight excluding hydrogens is 476 g/mol. The quantitative estimate of drug-likeness (QED) is 0.463. The lowest BCUT2D eigenvalue weighted by Crippen LogP contribution is -2.44. The molecule has 0 saturated heterocycles. The maximum absolute atomic E-state index is 6.61. The monoisotopic (exact) mass is 508 g/mol. The van der Waals surface area contributed by atoms with E-state index in [2.05, 4.69) is 40.5 Å². The summed E-state index contributed by atoms with van der Waals surface area (Å²) < 4.78 is 22.7. The van der Waals surface area contributed by atoms with E-state index >= 15 is 0 Å². The van der Waals surface area contributed by atoms with Crippen LogP contribution in [0, 0.1) is 0 Å². The predicted octanol–water partition coefficient (Wildman–Crippen LogP) is 5.36. The summed E-state index contributed by atoms with van der Waals surface area (Å²) in [5.41, 5.74) is 6.15. The number of hydrogen-bond donors (Lipinski definition) is 1. The summed E-state index contributed by atoms with van der Waals surface area (Å²) in [4.78, 5) is 2.53. The first-order chi connectivity index (χ1) is 17.6. The fourth-order valence-corrected chi connectivity index (χ4v) is 5.83. The van der Waals surface area contributed by atoms with Gasteiger partial charge in [0.15, 0.2) is 23.0 Å². The fourth-order valence-electron chi connectivity index (χ4n) is 5.64. The van der Waals surface area contributed by atoms with E-state index in [1.807, 2.05) is 18.2 Å². The lowest BCUT2D eigenvalue weighted by Gasteiger charge is -2.44. The van der Waals surface area contributed by atoms with E-state index in [0.29, 0.717) is 0 Å². The Labute approximate surface area is 218 Å². The van der Waals surface area contributed by atoms with E-state index in [1.165, 1.54) is 22.3 Å². The molecular formula is C29H33ClN2O4. The molecule has 0 radical (unpaired) electrons. The smallest absolute Gasteiger partial charge is 0.161 e. The van der Waals surface area contributed by atoms with Crippen molar-refractivity contribution in [3.63, 3.8) is 0 Å². The normalized spacial score (nSPS) is 19.2. The van der Waals surface area contributed by atoms with Crippen LogP contribution in [0.2, 0.25) is 5.02 Å². The van der Waals surface area contributed by atoms with Gasteiger partial charge < -0.3 is 24.3 Å². The second-order valence-electron chi connectivity index (χ2n) is 9.25. The highest BCUT2D eigenvalue weighted by Crippen LogP contribution is 2.47. The molecule has 2 aliphatic rings. The Balaban J connectivity index is 1.65. The first-order valence-electron chi connectivity index (χ1n) is 12.3. The zero-order valence-electron chi connectivity index (χ0n) is 21.3. The van der Waals surface area contributed by atoms with Crippen molar-refractivity contribution in [1.82, 2.24) is 10.2 Å². The summed E-state index contributed by atoms with van der Waals surface area (Å²) in [7, 11) is 6.75. The minimum absolute atomic E-state index is 0.0493. The maximum atomic E-state index is 6.61. The number of fused-ring (bicyclic) bond motifs is 2. The molecule has 190 valence electrons. The third-order valence-electron chi connectivity index (χ3n) is 7.41. The van der Waals surface area contributed by atoms with Crippen molar-refractivity contribution in [2.45, 2.75) is 31.5 Å². The SMILES string of the molecule is COc1cc2c(cc1OC)[C@@H]([C@@H]1c3cc(OC)c(OC)cc3CCN1Cc1ccccc1Cl)NCC2. The summed E-state index contributed by atoms with van der Waals surface area (Å²) in [6.07, 6.45) is 1.85. The van der Waals surface area contributed by atoms with E-state index in [9.17, 15) is 0 Å². The van der Waals surface area contributed by atoms with Crippen molar-refractivity contribution in [3.8, 4) is 23.0 Å². The van der Waals surface area contributed by atoms with E-state index in [-0.39, 0.29) is 12.1 Å². The van der Waals surface area contributed by atoms with Crippen molar-refractivity contribution in [1.29, 1.82) is 0 Å². The summed E-state index contributed by atoms with van der Waals surface area (Å²) in [6.45, 7) is 2.53. The zero-order valence-corrected chi connectivity index (χ0v) is 22.0. The van der Waals surface area contributed by atoms with Crippen molar-refractivity contribution < 1.29 is 18.9 Å². The summed E-state index contributed by atoms with van der Waals surface area (Å²) in [5, 5.41) is 4.62. The molecule has 6 nitrogen and oxygen atoms in total. The summed E-state index contributed by atoms with van der Waals surface area (Å²) in [6, 6.07) is 16.7. The van der Waals surface area contributed by atoms with Crippen LogP contribution in [0.4, 0.5) is 0 Å². The van der Waals surface area contributed by atoms with Gasteiger partial charge in [-0.1, -0.05) is 29.8 Å². The van der Waals surface area contributed by atoms with Gasteiger partial charge in [0.05, 0.1) is 40.5 Å². The Hall–Kier alpha value is -2.93. The van der Waals surface area contributed by atoms with Crippen LogP contribution >= 0.6 is 11.6 Å². The van der Waals surface area contributed by atoms with Crippen molar-refractivity contribution in [3.05, 3.63) is 81.4 Å². The van der Waals surface area contributed by atoms with Crippen LogP contribution in [0.1, 0.15) is 39.9 Å². The molecule has 5 rings (SSSR count). The van der Waals surface area contributed by atoms with E-state index in [1.54, 1.807) is 28.4 Å². The van der Waals surface area contributed by atoms with Crippen molar-refractivity contribution >= 4 is 11.6 Å². The second kappa shape index (κ2) is 10.6. The van der Waals surface area contributed by atoms with Gasteiger partial charge >= 0.3 is 0 Å². The Bertz CT molecular complexity index is 1250. The van der Waals surface area contributed by atoms with Crippen LogP contribution in [0.3, 0.4) is 0 Å². The van der Waals surface area contributed by atoms with E-state index in [0.717, 1.165) is 66.1 Å². The molecule has 0 aromatic heterocycles. The number of nitrogens with zero attached hydrogens (tertiary/aromatic N) is 1. The second-order valence-corrected chi connectivity index (χ2v) is 9.66. The maximum Gasteiger partial charge on any atom is 0.161 e. The Kier molecular flexibility index (Phi) is 7.28. The van der Waals surface area contributed by atoms with E-state index in [4.69, 9.17) is 30.5 Å². The van der Waals surface area contributed by atoms with Gasteiger partial charge in [-0.3, -0.25) is 4.90 Å². The van der Waals surface area contributed by atoms with Crippen LogP contribution in [0.15, 0.2) is 48.5 Å². The van der Waals surface area contributed by atoms with Crippen LogP contribution in [0.25, 0.3) is 0 Å². The summed E-state index contributed by atoms with van der Waals surface area (Å²) in [5.74, 6) is 3.01. The van der Waals surface area contributed by atoms with Gasteiger partial charge in [-0.05, 0) is 77.5 Å². The van der Waals surface area contributed by atoms with Crippen LogP contribution in [-0.4, -0.2) is 46.4 Å². The number of hydrogen-bond acceptors (Lipinski definition) is 6. The minimum Gasteiger partial charge on any atom is -0.493 e. The van der Waals surface area contributed by atoms with Gasteiger partial charge in [0.1, 0.15) is 0 Å². The highest BCUT2D eigenvalue weighted by molar-refractivity contribution is 6.31. The Morgan fingerprint density at radius 2 is 1.39 bits per heavy atom. The molecule has 0 fully saturated rings. The van der Waals surface area contributed by atoms with Crippen molar-refractivity contribution in [2.75, 3.05) is 41.5 Å². The van der Waals surface area contributed by atoms with Crippen LogP contribution in [-0.2, 0) is 19.4 Å². The number of ether oxygens (including phenoxy) is 4. The molecule has 3 aromatic carbocycles. The molecule has 2 aliphatic heterocycles. The molecule has 0 saturated carbocycles. The lowest BCUT2D eigenvalue weighted by molar-refractivity contribution is 0.133. The first-order valence-corrected chi connectivity index (χ1v) is 12.7. The van der Waals surface area contributed by atoms with Gasteiger partial charge in [-0.2, -0.15) is 0 Å². The minimum atomic E-state index is 0.0493. The standard InChI is InChI=1S/C29H33ClN2O4/c1-33-24-13-18-9-11-31-28(21(18)15-26(24)35-3)29-22-16-27(36-4)25(34-2)14-19(22)10-12-32(29)17-20-7-5-6-8-23(20)30/h5-8,13-16,28-29,31H,9-12,17H2,1-4H3/t28-,29-/m0/s1. The topological polar surface area (TPSA) is 52.2 Å². The molecule has 1 N–H and O–H groups in total. The third-order valence-corrected chi connectivity index (χ3v) is 7.78. The average Bonchev–Trinajstić information content (AvgIpc) is 2.92. The Morgan fingerprint density at radius 1 is 0.806 bits per heavy atom. The Morgan fingerprint density at radius 3 is 2.03 bits per heavy atom. The molecule has 3 aromatic rings. The largest absolute Gasteiger partial charge is 0.493 e. The average molecular weight is 509 g/mol. The van der Waals surface area contributed by atoms with Gasteiger partial charge in [-0.25, -0.2) is 0 Å². The number of nitrogens with one attached hydrogen (secondary N) is 1. The van der Waals surface area contributed by atoms with Gasteiger partial charge in [-0.15, -0.1) is 0 Å². The zero-order chi connectivity index (χ0) is 25.2. The van der Waals surface area contributed by atoms with Gasteiger partial charge in [0.2, 0.25) is 0 Å². The fraction of sp³-hybridized carbons (Fsp3) is 0.379. The first kappa shape index (κ1) is 24.8.